The van der Waals surface area contributed by atoms with E-state index in [1.165, 1.54) is 11.3 Å². The molecule has 0 amide bonds. The van der Waals surface area contributed by atoms with Crippen LogP contribution in [0.4, 0.5) is 0 Å². The molecule has 0 saturated carbocycles. The molecule has 3 rings (SSSR count). The minimum Gasteiger partial charge on any atom is -0.389 e. The summed E-state index contributed by atoms with van der Waals surface area (Å²) < 4.78 is 2.37. The summed E-state index contributed by atoms with van der Waals surface area (Å²) >= 11 is 4.82. The highest BCUT2D eigenvalue weighted by atomic mass is 79.9. The van der Waals surface area contributed by atoms with Crippen molar-refractivity contribution < 1.29 is 4.84 Å². The number of halogens is 1. The third kappa shape index (κ3) is 3.37. The van der Waals surface area contributed by atoms with Gasteiger partial charge in [0.15, 0.2) is 16.2 Å². The van der Waals surface area contributed by atoms with E-state index in [0.29, 0.717) is 11.5 Å². The number of rotatable bonds is 5. The van der Waals surface area contributed by atoms with E-state index in [1.54, 1.807) is 11.7 Å². The van der Waals surface area contributed by atoms with E-state index < -0.39 is 0 Å². The summed E-state index contributed by atoms with van der Waals surface area (Å²) in [6.07, 6.45) is 0. The highest BCUT2D eigenvalue weighted by Crippen LogP contribution is 2.16. The smallest absolute Gasteiger partial charge is 0.204 e. The van der Waals surface area contributed by atoms with E-state index in [0.717, 1.165) is 15.2 Å². The molecule has 7 nitrogen and oxygen atoms in total. The van der Waals surface area contributed by atoms with Crippen LogP contribution >= 0.6 is 27.3 Å². The molecule has 0 bridgehead atoms. The Kier molecular flexibility index (Phi) is 4.54. The van der Waals surface area contributed by atoms with Gasteiger partial charge in [-0.15, -0.1) is 16.4 Å². The zero-order valence-corrected chi connectivity index (χ0v) is 14.0. The van der Waals surface area contributed by atoms with Crippen LogP contribution in [-0.2, 0) is 18.5 Å². The van der Waals surface area contributed by atoms with Gasteiger partial charge in [-0.05, 0) is 26.4 Å². The Bertz CT molecular complexity index is 785. The van der Waals surface area contributed by atoms with Crippen molar-refractivity contribution in [3.63, 3.8) is 0 Å². The van der Waals surface area contributed by atoms with Gasteiger partial charge in [-0.1, -0.05) is 35.5 Å². The van der Waals surface area contributed by atoms with Crippen molar-refractivity contribution in [2.45, 2.75) is 6.61 Å². The maximum absolute atomic E-state index is 5.43. The molecular formula is C13H11BrN6OS. The standard InChI is InChI=1S/C13H11BrN6OS/c1-20-12(16-18-19-20)11(9-5-3-2-4-6-9)17-21-7-10-8-22-13(14)15-10/h2-6,8H,7H2,1H3/b17-11+. The van der Waals surface area contributed by atoms with Crippen LogP contribution in [0.15, 0.2) is 44.8 Å². The summed E-state index contributed by atoms with van der Waals surface area (Å²) in [5.74, 6) is 0.533. The monoisotopic (exact) mass is 378 g/mol. The number of hydrogen-bond acceptors (Lipinski definition) is 7. The second kappa shape index (κ2) is 6.75. The van der Waals surface area contributed by atoms with Gasteiger partial charge in [-0.2, -0.15) is 0 Å². The molecule has 0 unspecified atom stereocenters. The topological polar surface area (TPSA) is 78.1 Å². The quantitative estimate of drug-likeness (QED) is 0.503. The van der Waals surface area contributed by atoms with Crippen molar-refractivity contribution in [1.82, 2.24) is 25.2 Å². The van der Waals surface area contributed by atoms with Gasteiger partial charge in [0.1, 0.15) is 0 Å². The van der Waals surface area contributed by atoms with E-state index in [-0.39, 0.29) is 6.61 Å². The number of aryl methyl sites for hydroxylation is 1. The summed E-state index contributed by atoms with van der Waals surface area (Å²) in [4.78, 5) is 9.69. The molecule has 0 N–H and O–H groups in total. The molecule has 0 aliphatic heterocycles. The molecule has 22 heavy (non-hydrogen) atoms. The van der Waals surface area contributed by atoms with Gasteiger partial charge in [0.25, 0.3) is 0 Å². The van der Waals surface area contributed by atoms with Crippen LogP contribution in [0.3, 0.4) is 0 Å². The Labute approximate surface area is 138 Å². The molecule has 0 saturated heterocycles. The summed E-state index contributed by atoms with van der Waals surface area (Å²) in [5.41, 5.74) is 2.26. The average Bonchev–Trinajstić information content (AvgIpc) is 3.13. The lowest BCUT2D eigenvalue weighted by molar-refractivity contribution is 0.128. The SMILES string of the molecule is Cn1nnnc1/C(=N/OCc1csc(Br)n1)c1ccccc1. The highest BCUT2D eigenvalue weighted by Gasteiger charge is 2.14. The Morgan fingerprint density at radius 3 is 2.82 bits per heavy atom. The third-order valence-electron chi connectivity index (χ3n) is 2.77. The minimum atomic E-state index is 0.281. The third-order valence-corrected chi connectivity index (χ3v) is 4.18. The molecule has 0 fully saturated rings. The van der Waals surface area contributed by atoms with Crippen molar-refractivity contribution in [3.05, 3.63) is 56.7 Å². The van der Waals surface area contributed by atoms with Crippen molar-refractivity contribution in [1.29, 1.82) is 0 Å². The van der Waals surface area contributed by atoms with Crippen LogP contribution in [0.1, 0.15) is 17.1 Å². The van der Waals surface area contributed by atoms with Gasteiger partial charge in [0.05, 0.1) is 5.69 Å². The van der Waals surface area contributed by atoms with Gasteiger partial charge in [0.2, 0.25) is 5.82 Å². The second-order valence-electron chi connectivity index (χ2n) is 4.30. The molecule has 2 aromatic heterocycles. The maximum atomic E-state index is 5.43. The lowest BCUT2D eigenvalue weighted by Gasteiger charge is -2.05. The van der Waals surface area contributed by atoms with Gasteiger partial charge in [-0.25, -0.2) is 9.67 Å². The Balaban J connectivity index is 1.85. The molecule has 0 aliphatic carbocycles. The normalized spacial score (nSPS) is 11.6. The fourth-order valence-corrected chi connectivity index (χ4v) is 2.79. The lowest BCUT2D eigenvalue weighted by Crippen LogP contribution is -2.12. The molecule has 0 spiro atoms. The average molecular weight is 379 g/mol. The number of nitrogens with zero attached hydrogens (tertiary/aromatic N) is 6. The van der Waals surface area contributed by atoms with Gasteiger partial charge >= 0.3 is 0 Å². The fraction of sp³-hybridized carbons (Fsp3) is 0.154. The Hall–Kier alpha value is -2.13. The van der Waals surface area contributed by atoms with Crippen molar-refractivity contribution in [2.75, 3.05) is 0 Å². The highest BCUT2D eigenvalue weighted by molar-refractivity contribution is 9.11. The Morgan fingerprint density at radius 2 is 2.18 bits per heavy atom. The molecule has 112 valence electrons. The Morgan fingerprint density at radius 1 is 1.36 bits per heavy atom. The van der Waals surface area contributed by atoms with Gasteiger partial charge < -0.3 is 4.84 Å². The van der Waals surface area contributed by atoms with Crippen molar-refractivity contribution in [2.24, 2.45) is 12.2 Å². The van der Waals surface area contributed by atoms with Crippen LogP contribution in [0.2, 0.25) is 0 Å². The zero-order valence-electron chi connectivity index (χ0n) is 11.5. The summed E-state index contributed by atoms with van der Waals surface area (Å²) in [6.45, 7) is 0.281. The van der Waals surface area contributed by atoms with E-state index in [2.05, 4.69) is 41.6 Å². The number of aromatic nitrogens is 5. The van der Waals surface area contributed by atoms with Crippen LogP contribution in [0.5, 0.6) is 0 Å². The molecule has 9 heteroatoms. The van der Waals surface area contributed by atoms with Crippen LogP contribution in [0, 0.1) is 0 Å². The number of thiazole rings is 1. The summed E-state index contributed by atoms with van der Waals surface area (Å²) in [5, 5.41) is 17.6. The minimum absolute atomic E-state index is 0.281. The van der Waals surface area contributed by atoms with Crippen LogP contribution in [-0.4, -0.2) is 30.9 Å². The van der Waals surface area contributed by atoms with E-state index >= 15 is 0 Å². The van der Waals surface area contributed by atoms with Crippen LogP contribution in [0.25, 0.3) is 0 Å². The van der Waals surface area contributed by atoms with E-state index in [4.69, 9.17) is 4.84 Å². The number of tetrazole rings is 1. The van der Waals surface area contributed by atoms with E-state index in [9.17, 15) is 0 Å². The molecule has 0 aliphatic rings. The number of benzene rings is 1. The van der Waals surface area contributed by atoms with Gasteiger partial charge in [-0.3, -0.25) is 0 Å². The molecular weight excluding hydrogens is 368 g/mol. The predicted molar refractivity (Wildman–Crippen MR) is 85.5 cm³/mol. The first kappa shape index (κ1) is 14.8. The largest absolute Gasteiger partial charge is 0.389 e. The summed E-state index contributed by atoms with van der Waals surface area (Å²) in [7, 11) is 1.76. The molecule has 2 heterocycles. The molecule has 1 aromatic carbocycles. The van der Waals surface area contributed by atoms with Gasteiger partial charge in [0, 0.05) is 18.0 Å². The molecule has 0 atom stereocenters. The van der Waals surface area contributed by atoms with Crippen LogP contribution < -0.4 is 0 Å². The second-order valence-corrected chi connectivity index (χ2v) is 6.43. The predicted octanol–water partition coefficient (Wildman–Crippen LogP) is 2.40. The molecule has 0 radical (unpaired) electrons. The first-order valence-corrected chi connectivity index (χ1v) is 7.99. The lowest BCUT2D eigenvalue weighted by atomic mass is 10.1. The van der Waals surface area contributed by atoms with E-state index in [1.807, 2.05) is 35.7 Å². The maximum Gasteiger partial charge on any atom is 0.204 e. The fourth-order valence-electron chi connectivity index (χ4n) is 1.76. The zero-order chi connectivity index (χ0) is 15.4. The number of hydrogen-bond donors (Lipinski definition) is 0. The van der Waals surface area contributed by atoms with Crippen molar-refractivity contribution in [3.8, 4) is 0 Å². The number of oxime groups is 1. The summed E-state index contributed by atoms with van der Waals surface area (Å²) in [6, 6.07) is 9.63. The first-order valence-electron chi connectivity index (χ1n) is 6.32. The molecule has 3 aromatic rings. The first-order chi connectivity index (χ1) is 10.7. The van der Waals surface area contributed by atoms with Crippen molar-refractivity contribution >= 4 is 33.0 Å².